The number of hydrogen-bond acceptors (Lipinski definition) is 2. The number of alkyl halides is 2. The largest absolute Gasteiger partial charge is 0.265 e. The standard InChI is InChI=1S/C7H2BrF3N2/c8-6-4(2-12)3(7(10)11)1-5(9)13-6/h1,7H. The third-order valence-corrected chi connectivity index (χ3v) is 1.90. The minimum atomic E-state index is -2.89. The van der Waals surface area contributed by atoms with Crippen molar-refractivity contribution in [1.29, 1.82) is 5.26 Å². The molecule has 13 heavy (non-hydrogen) atoms. The van der Waals surface area contributed by atoms with E-state index in [1.165, 1.54) is 6.07 Å². The third kappa shape index (κ3) is 1.98. The first-order valence-electron chi connectivity index (χ1n) is 3.10. The molecule has 0 fully saturated rings. The first kappa shape index (κ1) is 9.99. The van der Waals surface area contributed by atoms with Gasteiger partial charge in [-0.3, -0.25) is 0 Å². The summed E-state index contributed by atoms with van der Waals surface area (Å²) in [6.07, 6.45) is -2.89. The Bertz CT molecular complexity index is 373. The van der Waals surface area contributed by atoms with Gasteiger partial charge in [0.2, 0.25) is 5.95 Å². The van der Waals surface area contributed by atoms with E-state index in [1.807, 2.05) is 0 Å². The molecule has 68 valence electrons. The highest BCUT2D eigenvalue weighted by molar-refractivity contribution is 9.10. The molecule has 1 rings (SSSR count). The normalized spacial score (nSPS) is 10.2. The van der Waals surface area contributed by atoms with Gasteiger partial charge in [0.15, 0.2) is 0 Å². The van der Waals surface area contributed by atoms with Gasteiger partial charge in [0.05, 0.1) is 5.56 Å². The average Bonchev–Trinajstić information content (AvgIpc) is 2.02. The number of aromatic nitrogens is 1. The van der Waals surface area contributed by atoms with Gasteiger partial charge >= 0.3 is 0 Å². The van der Waals surface area contributed by atoms with E-state index in [9.17, 15) is 13.2 Å². The van der Waals surface area contributed by atoms with E-state index in [-0.39, 0.29) is 10.2 Å². The van der Waals surface area contributed by atoms with Gasteiger partial charge < -0.3 is 0 Å². The van der Waals surface area contributed by atoms with Crippen LogP contribution in [0.2, 0.25) is 0 Å². The molecule has 0 aliphatic carbocycles. The van der Waals surface area contributed by atoms with E-state index in [0.717, 1.165) is 0 Å². The highest BCUT2D eigenvalue weighted by Gasteiger charge is 2.17. The molecule has 1 aromatic heterocycles. The van der Waals surface area contributed by atoms with Crippen LogP contribution in [0.25, 0.3) is 0 Å². The van der Waals surface area contributed by atoms with Crippen LogP contribution < -0.4 is 0 Å². The molecule has 0 radical (unpaired) electrons. The van der Waals surface area contributed by atoms with Crippen LogP contribution >= 0.6 is 15.9 Å². The van der Waals surface area contributed by atoms with Crippen LogP contribution in [0.1, 0.15) is 17.6 Å². The molecule has 0 aliphatic heterocycles. The van der Waals surface area contributed by atoms with Crippen LogP contribution in [0, 0.1) is 17.3 Å². The molecule has 0 saturated heterocycles. The molecule has 0 aliphatic rings. The molecule has 0 unspecified atom stereocenters. The number of hydrogen-bond donors (Lipinski definition) is 0. The Morgan fingerprint density at radius 2 is 2.15 bits per heavy atom. The summed E-state index contributed by atoms with van der Waals surface area (Å²) in [6, 6.07) is 2.07. The van der Waals surface area contributed by atoms with E-state index < -0.39 is 17.9 Å². The molecule has 0 aromatic carbocycles. The Morgan fingerprint density at radius 1 is 1.54 bits per heavy atom. The van der Waals surface area contributed by atoms with Crippen molar-refractivity contribution >= 4 is 15.9 Å². The number of halogens is 4. The quantitative estimate of drug-likeness (QED) is 0.719. The number of pyridine rings is 1. The van der Waals surface area contributed by atoms with Crippen molar-refractivity contribution in [3.63, 3.8) is 0 Å². The summed E-state index contributed by atoms with van der Waals surface area (Å²) in [5.41, 5.74) is -0.988. The fraction of sp³-hybridized carbons (Fsp3) is 0.143. The van der Waals surface area contributed by atoms with Gasteiger partial charge in [-0.2, -0.15) is 9.65 Å². The zero-order valence-corrected chi connectivity index (χ0v) is 7.65. The SMILES string of the molecule is N#Cc1c(C(F)F)cc(F)nc1Br. The van der Waals surface area contributed by atoms with Crippen LogP contribution in [0.4, 0.5) is 13.2 Å². The molecule has 0 N–H and O–H groups in total. The third-order valence-electron chi connectivity index (χ3n) is 1.32. The molecule has 0 spiro atoms. The van der Waals surface area contributed by atoms with Crippen LogP contribution in [-0.4, -0.2) is 4.98 Å². The van der Waals surface area contributed by atoms with Crippen molar-refractivity contribution in [2.45, 2.75) is 6.43 Å². The fourth-order valence-corrected chi connectivity index (χ4v) is 1.27. The lowest BCUT2D eigenvalue weighted by molar-refractivity contribution is 0.150. The van der Waals surface area contributed by atoms with Crippen molar-refractivity contribution in [2.75, 3.05) is 0 Å². The molecule has 0 amide bonds. The van der Waals surface area contributed by atoms with Crippen molar-refractivity contribution in [3.05, 3.63) is 27.7 Å². The monoisotopic (exact) mass is 250 g/mol. The molecule has 1 heterocycles. The van der Waals surface area contributed by atoms with Crippen molar-refractivity contribution in [2.24, 2.45) is 0 Å². The smallest absolute Gasteiger partial charge is 0.211 e. The van der Waals surface area contributed by atoms with Gasteiger partial charge in [0.25, 0.3) is 6.43 Å². The molecular formula is C7H2BrF3N2. The fourth-order valence-electron chi connectivity index (χ4n) is 0.784. The highest BCUT2D eigenvalue weighted by atomic mass is 79.9. The van der Waals surface area contributed by atoms with E-state index in [1.54, 1.807) is 0 Å². The van der Waals surface area contributed by atoms with Gasteiger partial charge in [0, 0.05) is 11.6 Å². The maximum atomic E-state index is 12.5. The minimum Gasteiger partial charge on any atom is -0.211 e. The van der Waals surface area contributed by atoms with Crippen LogP contribution in [0.15, 0.2) is 10.7 Å². The second-order valence-electron chi connectivity index (χ2n) is 2.11. The van der Waals surface area contributed by atoms with E-state index in [4.69, 9.17) is 5.26 Å². The first-order valence-corrected chi connectivity index (χ1v) is 3.89. The predicted molar refractivity (Wildman–Crippen MR) is 41.6 cm³/mol. The van der Waals surface area contributed by atoms with Crippen LogP contribution in [0.5, 0.6) is 0 Å². The first-order chi connectivity index (χ1) is 6.06. The summed E-state index contributed by atoms with van der Waals surface area (Å²) in [7, 11) is 0. The Balaban J connectivity index is 3.41. The summed E-state index contributed by atoms with van der Waals surface area (Å²) in [5.74, 6) is -1.04. The molecule has 6 heteroatoms. The van der Waals surface area contributed by atoms with Crippen LogP contribution in [-0.2, 0) is 0 Å². The average molecular weight is 251 g/mol. The predicted octanol–water partition coefficient (Wildman–Crippen LogP) is 2.79. The highest BCUT2D eigenvalue weighted by Crippen LogP contribution is 2.27. The van der Waals surface area contributed by atoms with Gasteiger partial charge in [-0.05, 0) is 15.9 Å². The lowest BCUT2D eigenvalue weighted by Crippen LogP contribution is -1.97. The number of nitriles is 1. The topological polar surface area (TPSA) is 36.7 Å². The maximum absolute atomic E-state index is 12.5. The van der Waals surface area contributed by atoms with E-state index in [0.29, 0.717) is 6.07 Å². The van der Waals surface area contributed by atoms with Gasteiger partial charge in [0.1, 0.15) is 10.7 Å². The molecule has 0 saturated carbocycles. The Labute approximate surface area is 80.1 Å². The lowest BCUT2D eigenvalue weighted by atomic mass is 10.1. The van der Waals surface area contributed by atoms with Gasteiger partial charge in [-0.25, -0.2) is 13.8 Å². The molecule has 0 bridgehead atoms. The summed E-state index contributed by atoms with van der Waals surface area (Å²) < 4.78 is 36.7. The second kappa shape index (κ2) is 3.75. The van der Waals surface area contributed by atoms with Crippen molar-refractivity contribution in [3.8, 4) is 6.07 Å². The van der Waals surface area contributed by atoms with Crippen molar-refractivity contribution < 1.29 is 13.2 Å². The van der Waals surface area contributed by atoms with Crippen LogP contribution in [0.3, 0.4) is 0 Å². The maximum Gasteiger partial charge on any atom is 0.265 e. The molecule has 1 aromatic rings. The Kier molecular flexibility index (Phi) is 2.88. The lowest BCUT2D eigenvalue weighted by Gasteiger charge is -2.03. The summed E-state index contributed by atoms with van der Waals surface area (Å²) in [5, 5.41) is 8.46. The zero-order chi connectivity index (χ0) is 10.0. The van der Waals surface area contributed by atoms with E-state index >= 15 is 0 Å². The number of nitrogens with zero attached hydrogens (tertiary/aromatic N) is 2. The van der Waals surface area contributed by atoms with E-state index in [2.05, 4.69) is 20.9 Å². The summed E-state index contributed by atoms with van der Waals surface area (Å²) >= 11 is 2.72. The van der Waals surface area contributed by atoms with Crippen molar-refractivity contribution in [1.82, 2.24) is 4.98 Å². The summed E-state index contributed by atoms with van der Waals surface area (Å²) in [6.45, 7) is 0. The van der Waals surface area contributed by atoms with Gasteiger partial charge in [-0.1, -0.05) is 0 Å². The summed E-state index contributed by atoms with van der Waals surface area (Å²) in [4.78, 5) is 3.18. The minimum absolute atomic E-state index is 0.203. The molecule has 2 nitrogen and oxygen atoms in total. The number of rotatable bonds is 1. The van der Waals surface area contributed by atoms with Gasteiger partial charge in [-0.15, -0.1) is 0 Å². The zero-order valence-electron chi connectivity index (χ0n) is 6.06. The molecular weight excluding hydrogens is 249 g/mol. The Morgan fingerprint density at radius 3 is 2.62 bits per heavy atom. The Hall–Kier alpha value is -1.09. The molecule has 0 atom stereocenters. The second-order valence-corrected chi connectivity index (χ2v) is 2.86.